The summed E-state index contributed by atoms with van der Waals surface area (Å²) < 4.78 is 80.6. The van der Waals surface area contributed by atoms with E-state index in [9.17, 15) is 31.4 Å². The molecule has 1 saturated heterocycles. The van der Waals surface area contributed by atoms with Crippen LogP contribution in [0.1, 0.15) is 35.1 Å². The summed E-state index contributed by atoms with van der Waals surface area (Å²) in [6, 6.07) is 15.0. The number of benzene rings is 3. The molecule has 1 N–H and O–H groups in total. The molecule has 3 aromatic rings. The predicted molar refractivity (Wildman–Crippen MR) is 113 cm³/mol. The number of aliphatic hydroxyl groups is 1. The Balaban J connectivity index is 0.00000324. The lowest BCUT2D eigenvalue weighted by molar-refractivity contribution is -0.964. The summed E-state index contributed by atoms with van der Waals surface area (Å²) in [5, 5.41) is 12.1. The van der Waals surface area contributed by atoms with Gasteiger partial charge in [0.05, 0.1) is 24.3 Å². The van der Waals surface area contributed by atoms with E-state index < -0.39 is 23.5 Å². The number of halogens is 7. The fourth-order valence-corrected chi connectivity index (χ4v) is 5.08. The van der Waals surface area contributed by atoms with E-state index in [-0.39, 0.29) is 52.3 Å². The highest BCUT2D eigenvalue weighted by atomic mass is 79.9. The van der Waals surface area contributed by atoms with Crippen LogP contribution in [0.25, 0.3) is 10.8 Å². The van der Waals surface area contributed by atoms with E-state index in [1.807, 2.05) is 42.5 Å². The summed E-state index contributed by atoms with van der Waals surface area (Å²) >= 11 is 0. The molecule has 2 atom stereocenters. The molecule has 0 saturated carbocycles. The van der Waals surface area contributed by atoms with Crippen molar-refractivity contribution in [3.05, 3.63) is 82.9 Å². The van der Waals surface area contributed by atoms with Gasteiger partial charge in [-0.05, 0) is 29.0 Å². The van der Waals surface area contributed by atoms with Crippen molar-refractivity contribution in [2.45, 2.75) is 44.3 Å². The van der Waals surface area contributed by atoms with Gasteiger partial charge in [0.1, 0.15) is 19.1 Å². The van der Waals surface area contributed by atoms with E-state index in [1.54, 1.807) is 0 Å². The van der Waals surface area contributed by atoms with E-state index in [0.717, 1.165) is 34.9 Å². The van der Waals surface area contributed by atoms with Crippen molar-refractivity contribution in [3.8, 4) is 0 Å². The van der Waals surface area contributed by atoms with Crippen molar-refractivity contribution in [2.24, 2.45) is 0 Å². The minimum Gasteiger partial charge on any atom is -1.00 e. The fourth-order valence-electron chi connectivity index (χ4n) is 5.08. The van der Waals surface area contributed by atoms with Crippen LogP contribution < -0.4 is 17.0 Å². The molecule has 2 nitrogen and oxygen atoms in total. The first-order valence-corrected chi connectivity index (χ1v) is 10.7. The van der Waals surface area contributed by atoms with Gasteiger partial charge in [0.15, 0.2) is 0 Å². The molecule has 34 heavy (non-hydrogen) atoms. The summed E-state index contributed by atoms with van der Waals surface area (Å²) in [4.78, 5) is 0. The van der Waals surface area contributed by atoms with Crippen molar-refractivity contribution in [1.29, 1.82) is 0 Å². The second kappa shape index (κ2) is 9.87. The first-order chi connectivity index (χ1) is 15.5. The van der Waals surface area contributed by atoms with E-state index >= 15 is 0 Å². The third kappa shape index (κ3) is 5.42. The van der Waals surface area contributed by atoms with Gasteiger partial charge in [0.2, 0.25) is 0 Å². The molecular formula is C25H24BrF6NO. The van der Waals surface area contributed by atoms with E-state index in [2.05, 4.69) is 0 Å². The monoisotopic (exact) mass is 547 g/mol. The standard InChI is InChI=1S/C25H24F6NO.BrH/c26-24(27,28)20-11-17(12-21(13-20)25(29,30)31)14-32(10-4-8-22(32)16-33)15-19-7-3-6-18-5-1-2-9-23(18)19;/h1-3,5-7,9,11-13,22,33H,4,8,10,14-16H2;1H/q+1;/p-1/t22-,32?;/m0./s1. The molecule has 0 aromatic heterocycles. The Kier molecular flexibility index (Phi) is 7.70. The SMILES string of the molecule is OC[C@@H]1CCC[N+]1(Cc1cc(C(F)(F)F)cc(C(F)(F)F)c1)Cc1cccc2ccccc12.[Br-]. The lowest BCUT2D eigenvalue weighted by atomic mass is 10.00. The summed E-state index contributed by atoms with van der Waals surface area (Å²) in [5.41, 5.74) is -1.69. The Morgan fingerprint density at radius 3 is 2.06 bits per heavy atom. The summed E-state index contributed by atoms with van der Waals surface area (Å²) in [6.07, 6.45) is -8.39. The van der Waals surface area contributed by atoms with Crippen LogP contribution in [0.2, 0.25) is 0 Å². The predicted octanol–water partition coefficient (Wildman–Crippen LogP) is 3.55. The van der Waals surface area contributed by atoms with Gasteiger partial charge in [0.25, 0.3) is 0 Å². The molecule has 1 fully saturated rings. The van der Waals surface area contributed by atoms with Crippen molar-refractivity contribution in [3.63, 3.8) is 0 Å². The molecule has 0 amide bonds. The zero-order chi connectivity index (χ0) is 23.9. The van der Waals surface area contributed by atoms with E-state index in [0.29, 0.717) is 19.5 Å². The second-order valence-electron chi connectivity index (χ2n) is 8.79. The average Bonchev–Trinajstić information content (AvgIpc) is 3.14. The first kappa shape index (κ1) is 26.5. The Bertz CT molecular complexity index is 1110. The summed E-state index contributed by atoms with van der Waals surface area (Å²) in [7, 11) is 0. The molecule has 4 rings (SSSR count). The smallest absolute Gasteiger partial charge is 0.416 e. The number of nitrogens with zero attached hydrogens (tertiary/aromatic N) is 1. The van der Waals surface area contributed by atoms with Gasteiger partial charge in [-0.1, -0.05) is 42.5 Å². The highest BCUT2D eigenvalue weighted by Gasteiger charge is 2.43. The summed E-state index contributed by atoms with van der Waals surface area (Å²) in [5.74, 6) is 0. The zero-order valence-corrected chi connectivity index (χ0v) is 19.7. The van der Waals surface area contributed by atoms with Gasteiger partial charge in [-0.25, -0.2) is 0 Å². The number of hydrogen-bond donors (Lipinski definition) is 1. The number of quaternary nitrogens is 1. The number of likely N-dealkylation sites (tertiary alicyclic amines) is 1. The molecule has 9 heteroatoms. The van der Waals surface area contributed by atoms with Gasteiger partial charge in [-0.15, -0.1) is 0 Å². The fraction of sp³-hybridized carbons (Fsp3) is 0.360. The molecule has 0 aliphatic carbocycles. The molecule has 1 aliphatic rings. The molecule has 0 bridgehead atoms. The largest absolute Gasteiger partial charge is 1.00 e. The third-order valence-electron chi connectivity index (χ3n) is 6.64. The van der Waals surface area contributed by atoms with Crippen LogP contribution in [0.15, 0.2) is 60.7 Å². The maximum Gasteiger partial charge on any atom is 0.416 e. The number of fused-ring (bicyclic) bond motifs is 1. The number of hydrogen-bond acceptors (Lipinski definition) is 1. The Hall–Kier alpha value is -2.10. The van der Waals surface area contributed by atoms with Crippen LogP contribution in [0, 0.1) is 0 Å². The average molecular weight is 548 g/mol. The number of rotatable bonds is 5. The zero-order valence-electron chi connectivity index (χ0n) is 18.1. The molecule has 1 unspecified atom stereocenters. The molecule has 1 heterocycles. The van der Waals surface area contributed by atoms with Crippen molar-refractivity contribution < 1.29 is 52.9 Å². The van der Waals surface area contributed by atoms with Crippen molar-refractivity contribution in [2.75, 3.05) is 13.2 Å². The highest BCUT2D eigenvalue weighted by molar-refractivity contribution is 5.85. The topological polar surface area (TPSA) is 20.2 Å². The molecule has 0 spiro atoms. The minimum atomic E-state index is -4.89. The van der Waals surface area contributed by atoms with Crippen LogP contribution in [0.4, 0.5) is 26.3 Å². The quantitative estimate of drug-likeness (QED) is 0.382. The minimum absolute atomic E-state index is 0. The van der Waals surface area contributed by atoms with Gasteiger partial charge in [-0.3, -0.25) is 0 Å². The lowest BCUT2D eigenvalue weighted by Crippen LogP contribution is -3.00. The number of aliphatic hydroxyl groups excluding tert-OH is 1. The van der Waals surface area contributed by atoms with Crippen molar-refractivity contribution in [1.82, 2.24) is 0 Å². The maximum absolute atomic E-state index is 13.4. The molecule has 184 valence electrons. The first-order valence-electron chi connectivity index (χ1n) is 10.7. The van der Waals surface area contributed by atoms with Gasteiger partial charge >= 0.3 is 12.4 Å². The molecule has 1 aliphatic heterocycles. The van der Waals surface area contributed by atoms with Gasteiger partial charge in [0, 0.05) is 24.0 Å². The molecular weight excluding hydrogens is 524 g/mol. The van der Waals surface area contributed by atoms with Crippen molar-refractivity contribution >= 4 is 10.8 Å². The van der Waals surface area contributed by atoms with Gasteiger partial charge < -0.3 is 26.6 Å². The van der Waals surface area contributed by atoms with Crippen LogP contribution in [-0.2, 0) is 25.4 Å². The Labute approximate surface area is 204 Å². The van der Waals surface area contributed by atoms with Crippen LogP contribution in [-0.4, -0.2) is 28.8 Å². The molecule has 0 radical (unpaired) electrons. The highest BCUT2D eigenvalue weighted by Crippen LogP contribution is 2.39. The van der Waals surface area contributed by atoms with E-state index in [1.165, 1.54) is 0 Å². The second-order valence-corrected chi connectivity index (χ2v) is 8.79. The third-order valence-corrected chi connectivity index (χ3v) is 6.64. The van der Waals surface area contributed by atoms with Gasteiger partial charge in [-0.2, -0.15) is 26.3 Å². The van der Waals surface area contributed by atoms with Crippen LogP contribution in [0.3, 0.4) is 0 Å². The maximum atomic E-state index is 13.4. The molecule has 3 aromatic carbocycles. The van der Waals surface area contributed by atoms with Crippen LogP contribution in [0.5, 0.6) is 0 Å². The summed E-state index contributed by atoms with van der Waals surface area (Å²) in [6.45, 7) is 0.757. The lowest BCUT2D eigenvalue weighted by Gasteiger charge is -2.40. The van der Waals surface area contributed by atoms with E-state index in [4.69, 9.17) is 0 Å². The Morgan fingerprint density at radius 1 is 0.824 bits per heavy atom. The Morgan fingerprint density at radius 2 is 1.44 bits per heavy atom. The van der Waals surface area contributed by atoms with Crippen LogP contribution >= 0.6 is 0 Å². The normalized spacial score (nSPS) is 21.0. The number of alkyl halides is 6.